The first-order chi connectivity index (χ1) is 9.20. The molecule has 2 aromatic rings. The van der Waals surface area contributed by atoms with Crippen molar-refractivity contribution in [3.8, 4) is 0 Å². The minimum Gasteiger partial charge on any atom is -0.355 e. The largest absolute Gasteiger partial charge is 0.355 e. The molecular weight excluding hydrogens is 242 g/mol. The zero-order chi connectivity index (χ0) is 13.7. The van der Waals surface area contributed by atoms with E-state index in [2.05, 4.69) is 15.6 Å². The first-order valence-electron chi connectivity index (χ1n) is 5.75. The van der Waals surface area contributed by atoms with Gasteiger partial charge in [-0.05, 0) is 36.4 Å². The Balaban J connectivity index is 0.00000200. The van der Waals surface area contributed by atoms with Crippen LogP contribution < -0.4 is 10.6 Å². The summed E-state index contributed by atoms with van der Waals surface area (Å²) in [6.07, 6.45) is 1.60. The fourth-order valence-electron chi connectivity index (χ4n) is 1.54. The molecule has 0 aliphatic rings. The lowest BCUT2D eigenvalue weighted by molar-refractivity contribution is 0.0961. The lowest BCUT2D eigenvalue weighted by Crippen LogP contribution is -2.18. The zero-order valence-corrected chi connectivity index (χ0v) is 10.4. The molecule has 2 rings (SSSR count). The SMILES string of the molecule is CNC(=O)c1ccc(C(=O)Nc2ccccn2)cc1.[HH]. The Morgan fingerprint density at radius 1 is 1.00 bits per heavy atom. The predicted molar refractivity (Wildman–Crippen MR) is 74.1 cm³/mol. The molecule has 19 heavy (non-hydrogen) atoms. The number of pyridine rings is 1. The van der Waals surface area contributed by atoms with Crippen LogP contribution in [0.15, 0.2) is 48.7 Å². The molecule has 0 unspecified atom stereocenters. The number of nitrogens with one attached hydrogen (secondary N) is 2. The van der Waals surface area contributed by atoms with Crippen LogP contribution in [0.4, 0.5) is 5.82 Å². The monoisotopic (exact) mass is 257 g/mol. The highest BCUT2D eigenvalue weighted by Gasteiger charge is 2.08. The Kier molecular flexibility index (Phi) is 3.87. The maximum Gasteiger partial charge on any atom is 0.256 e. The number of benzene rings is 1. The van der Waals surface area contributed by atoms with E-state index in [1.807, 2.05) is 0 Å². The van der Waals surface area contributed by atoms with Crippen molar-refractivity contribution in [2.24, 2.45) is 0 Å². The van der Waals surface area contributed by atoms with Gasteiger partial charge in [-0.15, -0.1) is 0 Å². The molecule has 0 radical (unpaired) electrons. The normalized spacial score (nSPS) is 9.74. The molecule has 2 amide bonds. The van der Waals surface area contributed by atoms with Crippen molar-refractivity contribution in [2.75, 3.05) is 12.4 Å². The van der Waals surface area contributed by atoms with Gasteiger partial charge in [0, 0.05) is 25.8 Å². The molecule has 1 heterocycles. The van der Waals surface area contributed by atoms with E-state index in [1.54, 1.807) is 55.7 Å². The molecule has 1 aromatic heterocycles. The lowest BCUT2D eigenvalue weighted by Gasteiger charge is -2.05. The summed E-state index contributed by atoms with van der Waals surface area (Å²) in [6, 6.07) is 11.7. The molecule has 0 aliphatic heterocycles. The average molecular weight is 257 g/mol. The van der Waals surface area contributed by atoms with E-state index in [4.69, 9.17) is 0 Å². The molecule has 0 saturated heterocycles. The van der Waals surface area contributed by atoms with Crippen LogP contribution in [0.1, 0.15) is 22.1 Å². The van der Waals surface area contributed by atoms with Gasteiger partial charge in [-0.1, -0.05) is 6.07 Å². The topological polar surface area (TPSA) is 71.1 Å². The highest BCUT2D eigenvalue weighted by molar-refractivity contribution is 6.04. The molecule has 5 nitrogen and oxygen atoms in total. The first-order valence-corrected chi connectivity index (χ1v) is 5.75. The van der Waals surface area contributed by atoms with Gasteiger partial charge < -0.3 is 10.6 Å². The van der Waals surface area contributed by atoms with Crippen LogP contribution in [0.3, 0.4) is 0 Å². The number of carbonyl (C=O) groups excluding carboxylic acids is 2. The third kappa shape index (κ3) is 3.16. The zero-order valence-electron chi connectivity index (χ0n) is 10.4. The molecule has 0 spiro atoms. The summed E-state index contributed by atoms with van der Waals surface area (Å²) in [5, 5.41) is 5.19. The van der Waals surface area contributed by atoms with Gasteiger partial charge in [-0.2, -0.15) is 0 Å². The van der Waals surface area contributed by atoms with E-state index in [1.165, 1.54) is 0 Å². The summed E-state index contributed by atoms with van der Waals surface area (Å²) in [5.41, 5.74) is 0.982. The van der Waals surface area contributed by atoms with E-state index in [9.17, 15) is 9.59 Å². The van der Waals surface area contributed by atoms with Crippen molar-refractivity contribution in [3.63, 3.8) is 0 Å². The van der Waals surface area contributed by atoms with Crippen LogP contribution in [0.2, 0.25) is 0 Å². The quantitative estimate of drug-likeness (QED) is 0.882. The third-order valence-electron chi connectivity index (χ3n) is 2.54. The molecular formula is C14H15N3O2. The minimum absolute atomic E-state index is 0. The predicted octanol–water partition coefficient (Wildman–Crippen LogP) is 1.94. The fraction of sp³-hybridized carbons (Fsp3) is 0.0714. The van der Waals surface area contributed by atoms with E-state index in [-0.39, 0.29) is 13.2 Å². The van der Waals surface area contributed by atoms with Crippen LogP contribution in [0, 0.1) is 0 Å². The Morgan fingerprint density at radius 3 is 2.16 bits per heavy atom. The highest BCUT2D eigenvalue weighted by atomic mass is 16.2. The number of aromatic nitrogens is 1. The van der Waals surface area contributed by atoms with Gasteiger partial charge in [-0.25, -0.2) is 4.98 Å². The van der Waals surface area contributed by atoms with Crippen molar-refractivity contribution >= 4 is 17.6 Å². The smallest absolute Gasteiger partial charge is 0.256 e. The van der Waals surface area contributed by atoms with E-state index < -0.39 is 0 Å². The van der Waals surface area contributed by atoms with Gasteiger partial charge in [0.05, 0.1) is 0 Å². The number of rotatable bonds is 3. The Bertz CT molecular complexity index is 585. The van der Waals surface area contributed by atoms with Crippen molar-refractivity contribution in [3.05, 3.63) is 59.8 Å². The van der Waals surface area contributed by atoms with Gasteiger partial charge in [0.2, 0.25) is 0 Å². The molecule has 5 heteroatoms. The second-order valence-corrected chi connectivity index (χ2v) is 3.83. The number of hydrogen-bond acceptors (Lipinski definition) is 3. The van der Waals surface area contributed by atoms with Crippen molar-refractivity contribution in [1.29, 1.82) is 0 Å². The Labute approximate surface area is 112 Å². The molecule has 98 valence electrons. The highest BCUT2D eigenvalue weighted by Crippen LogP contribution is 2.08. The van der Waals surface area contributed by atoms with Crippen LogP contribution in [0.5, 0.6) is 0 Å². The van der Waals surface area contributed by atoms with Crippen LogP contribution >= 0.6 is 0 Å². The van der Waals surface area contributed by atoms with Crippen molar-refractivity contribution in [2.45, 2.75) is 0 Å². The summed E-state index contributed by atoms with van der Waals surface area (Å²) < 4.78 is 0. The maximum atomic E-state index is 11.9. The fourth-order valence-corrected chi connectivity index (χ4v) is 1.54. The summed E-state index contributed by atoms with van der Waals surface area (Å²) in [4.78, 5) is 27.3. The van der Waals surface area contributed by atoms with Gasteiger partial charge in [0.25, 0.3) is 11.8 Å². The molecule has 2 N–H and O–H groups in total. The number of carbonyl (C=O) groups is 2. The van der Waals surface area contributed by atoms with Gasteiger partial charge in [-0.3, -0.25) is 9.59 Å². The van der Waals surface area contributed by atoms with Crippen molar-refractivity contribution in [1.82, 2.24) is 10.3 Å². The molecule has 0 fully saturated rings. The van der Waals surface area contributed by atoms with Gasteiger partial charge >= 0.3 is 0 Å². The first kappa shape index (κ1) is 12.8. The number of nitrogens with zero attached hydrogens (tertiary/aromatic N) is 1. The summed E-state index contributed by atoms with van der Waals surface area (Å²) in [5.74, 6) is 0.0433. The van der Waals surface area contributed by atoms with Crippen LogP contribution in [-0.2, 0) is 0 Å². The van der Waals surface area contributed by atoms with Crippen LogP contribution in [-0.4, -0.2) is 23.8 Å². The Hall–Kier alpha value is -2.69. The van der Waals surface area contributed by atoms with E-state index in [0.717, 1.165) is 0 Å². The Morgan fingerprint density at radius 2 is 1.63 bits per heavy atom. The summed E-state index contributed by atoms with van der Waals surface area (Å²) in [6.45, 7) is 0. The second-order valence-electron chi connectivity index (χ2n) is 3.83. The number of amides is 2. The summed E-state index contributed by atoms with van der Waals surface area (Å²) in [7, 11) is 1.56. The molecule has 0 bridgehead atoms. The van der Waals surface area contributed by atoms with Crippen LogP contribution in [0.25, 0.3) is 0 Å². The number of anilines is 1. The minimum atomic E-state index is -0.262. The lowest BCUT2D eigenvalue weighted by atomic mass is 10.1. The molecule has 1 aromatic carbocycles. The van der Waals surface area contributed by atoms with Gasteiger partial charge in [0.1, 0.15) is 5.82 Å². The van der Waals surface area contributed by atoms with Crippen molar-refractivity contribution < 1.29 is 11.0 Å². The average Bonchev–Trinajstić information content (AvgIpc) is 2.47. The van der Waals surface area contributed by atoms with Gasteiger partial charge in [0.15, 0.2) is 0 Å². The molecule has 0 aliphatic carbocycles. The maximum absolute atomic E-state index is 11.9. The number of hydrogen-bond donors (Lipinski definition) is 2. The molecule has 0 saturated carbocycles. The van der Waals surface area contributed by atoms with E-state index >= 15 is 0 Å². The second kappa shape index (κ2) is 5.77. The summed E-state index contributed by atoms with van der Waals surface area (Å²) >= 11 is 0. The third-order valence-corrected chi connectivity index (χ3v) is 2.54. The standard InChI is InChI=1S/C14H13N3O2.H2/c1-15-13(18)10-5-7-11(8-6-10)14(19)17-12-4-2-3-9-16-12;/h2-9H,1H3,(H,15,18)(H,16,17,19);1H. The van der Waals surface area contributed by atoms with E-state index in [0.29, 0.717) is 16.9 Å². The molecule has 0 atom stereocenters.